The molecule has 0 amide bonds. The third kappa shape index (κ3) is 1.36. The van der Waals surface area contributed by atoms with Gasteiger partial charge in [0.1, 0.15) is 0 Å². The van der Waals surface area contributed by atoms with Crippen molar-refractivity contribution >= 4 is 0 Å². The topological polar surface area (TPSA) is 17.8 Å². The van der Waals surface area contributed by atoms with Crippen LogP contribution in [0.5, 0.6) is 0 Å². The molecule has 2 nitrogen and oxygen atoms in total. The Labute approximate surface area is 71.4 Å². The molecule has 1 aliphatic rings. The first-order valence-electron chi connectivity index (χ1n) is 4.51. The van der Waals surface area contributed by atoms with Crippen LogP contribution in [0.15, 0.2) is 6.20 Å². The number of aromatic nitrogens is 2. The highest BCUT2D eigenvalue weighted by Gasteiger charge is 2.23. The van der Waals surface area contributed by atoms with Gasteiger partial charge in [-0.1, -0.05) is 6.92 Å². The van der Waals surface area contributed by atoms with Gasteiger partial charge in [0.2, 0.25) is 5.95 Å². The van der Waals surface area contributed by atoms with Gasteiger partial charge in [-0.2, -0.15) is 9.49 Å². The Balaban J connectivity index is 2.13. The van der Waals surface area contributed by atoms with Crippen LogP contribution in [0, 0.1) is 11.9 Å². The number of hydrogen-bond donors (Lipinski definition) is 0. The maximum absolute atomic E-state index is 13.3. The van der Waals surface area contributed by atoms with E-state index in [0.717, 1.165) is 18.5 Å². The third-order valence-corrected chi connectivity index (χ3v) is 2.35. The zero-order valence-corrected chi connectivity index (χ0v) is 7.26. The maximum atomic E-state index is 13.3. The molecule has 66 valence electrons. The number of hydrogen-bond acceptors (Lipinski definition) is 1. The molecule has 0 aromatic carbocycles. The second-order valence-corrected chi connectivity index (χ2v) is 3.44. The van der Waals surface area contributed by atoms with Crippen molar-refractivity contribution < 1.29 is 4.39 Å². The lowest BCUT2D eigenvalue weighted by molar-refractivity contribution is 0.432. The van der Waals surface area contributed by atoms with E-state index in [0.29, 0.717) is 5.92 Å². The highest BCUT2D eigenvalue weighted by molar-refractivity contribution is 5.06. The van der Waals surface area contributed by atoms with E-state index in [-0.39, 0.29) is 5.95 Å². The van der Waals surface area contributed by atoms with Gasteiger partial charge in [-0.15, -0.1) is 0 Å². The summed E-state index contributed by atoms with van der Waals surface area (Å²) in [7, 11) is 0. The summed E-state index contributed by atoms with van der Waals surface area (Å²) < 4.78 is 14.8. The average molecular weight is 168 g/mol. The SMILES string of the molecule is CCc1cnn(CC2CC2)c1F. The molecule has 0 unspecified atom stereocenters. The lowest BCUT2D eigenvalue weighted by Gasteiger charge is -1.99. The fraction of sp³-hybridized carbons (Fsp3) is 0.667. The lowest BCUT2D eigenvalue weighted by atomic mass is 10.3. The van der Waals surface area contributed by atoms with E-state index in [4.69, 9.17) is 0 Å². The van der Waals surface area contributed by atoms with E-state index >= 15 is 0 Å². The summed E-state index contributed by atoms with van der Waals surface area (Å²) in [5, 5.41) is 4.01. The van der Waals surface area contributed by atoms with Crippen molar-refractivity contribution in [3.63, 3.8) is 0 Å². The molecule has 0 N–H and O–H groups in total. The van der Waals surface area contributed by atoms with E-state index in [1.165, 1.54) is 17.5 Å². The molecule has 0 aliphatic heterocycles. The minimum atomic E-state index is -0.135. The molecule has 1 fully saturated rings. The van der Waals surface area contributed by atoms with Gasteiger partial charge in [0, 0.05) is 12.1 Å². The van der Waals surface area contributed by atoms with Crippen molar-refractivity contribution in [2.75, 3.05) is 0 Å². The quantitative estimate of drug-likeness (QED) is 0.675. The van der Waals surface area contributed by atoms with Crippen molar-refractivity contribution in [1.29, 1.82) is 0 Å². The number of rotatable bonds is 3. The molecule has 1 aromatic rings. The first-order chi connectivity index (χ1) is 5.81. The Bertz CT molecular complexity index is 276. The summed E-state index contributed by atoms with van der Waals surface area (Å²) in [4.78, 5) is 0. The first-order valence-corrected chi connectivity index (χ1v) is 4.51. The summed E-state index contributed by atoms with van der Waals surface area (Å²) in [6.07, 6.45) is 4.84. The molecule has 1 aliphatic carbocycles. The van der Waals surface area contributed by atoms with E-state index in [1.807, 2.05) is 6.92 Å². The van der Waals surface area contributed by atoms with Gasteiger partial charge < -0.3 is 0 Å². The van der Waals surface area contributed by atoms with E-state index in [9.17, 15) is 4.39 Å². The molecule has 1 heterocycles. The molecular weight excluding hydrogens is 155 g/mol. The van der Waals surface area contributed by atoms with Crippen LogP contribution in [-0.2, 0) is 13.0 Å². The summed E-state index contributed by atoms with van der Waals surface area (Å²) >= 11 is 0. The predicted octanol–water partition coefficient (Wildman–Crippen LogP) is 1.99. The summed E-state index contributed by atoms with van der Waals surface area (Å²) in [6, 6.07) is 0. The number of halogens is 1. The molecule has 0 atom stereocenters. The van der Waals surface area contributed by atoms with Crippen molar-refractivity contribution in [3.8, 4) is 0 Å². The molecule has 1 saturated carbocycles. The van der Waals surface area contributed by atoms with E-state index in [1.54, 1.807) is 6.20 Å². The fourth-order valence-corrected chi connectivity index (χ4v) is 1.32. The van der Waals surface area contributed by atoms with Crippen LogP contribution in [0.2, 0.25) is 0 Å². The Morgan fingerprint density at radius 2 is 2.42 bits per heavy atom. The Morgan fingerprint density at radius 1 is 1.67 bits per heavy atom. The van der Waals surface area contributed by atoms with Crippen LogP contribution >= 0.6 is 0 Å². The van der Waals surface area contributed by atoms with Crippen LogP contribution in [0.25, 0.3) is 0 Å². The van der Waals surface area contributed by atoms with Gasteiger partial charge in [0.25, 0.3) is 0 Å². The van der Waals surface area contributed by atoms with Gasteiger partial charge in [-0.05, 0) is 25.2 Å². The van der Waals surface area contributed by atoms with E-state index in [2.05, 4.69) is 5.10 Å². The van der Waals surface area contributed by atoms with Crippen LogP contribution in [0.4, 0.5) is 4.39 Å². The van der Waals surface area contributed by atoms with Crippen molar-refractivity contribution in [1.82, 2.24) is 9.78 Å². The minimum absolute atomic E-state index is 0.135. The summed E-state index contributed by atoms with van der Waals surface area (Å²) in [6.45, 7) is 2.72. The highest BCUT2D eigenvalue weighted by Crippen LogP contribution is 2.30. The minimum Gasteiger partial charge on any atom is -0.239 e. The van der Waals surface area contributed by atoms with Crippen molar-refractivity contribution in [2.24, 2.45) is 5.92 Å². The molecule has 0 radical (unpaired) electrons. The average Bonchev–Trinajstić information content (AvgIpc) is 2.80. The van der Waals surface area contributed by atoms with Crippen LogP contribution in [0.1, 0.15) is 25.3 Å². The maximum Gasteiger partial charge on any atom is 0.214 e. The first kappa shape index (κ1) is 7.77. The monoisotopic (exact) mass is 168 g/mol. The molecule has 2 rings (SSSR count). The highest BCUT2D eigenvalue weighted by atomic mass is 19.1. The smallest absolute Gasteiger partial charge is 0.214 e. The van der Waals surface area contributed by atoms with Gasteiger partial charge in [-0.25, -0.2) is 4.68 Å². The van der Waals surface area contributed by atoms with Crippen LogP contribution < -0.4 is 0 Å². The number of aryl methyl sites for hydroxylation is 1. The standard InChI is InChI=1S/C9H13FN2/c1-2-8-5-11-12(9(8)10)6-7-3-4-7/h5,7H,2-4,6H2,1H3. The zero-order chi connectivity index (χ0) is 8.55. The summed E-state index contributed by atoms with van der Waals surface area (Å²) in [5.41, 5.74) is 0.732. The van der Waals surface area contributed by atoms with Crippen LogP contribution in [-0.4, -0.2) is 9.78 Å². The van der Waals surface area contributed by atoms with Gasteiger partial charge in [0.05, 0.1) is 6.20 Å². The molecular formula is C9H13FN2. The van der Waals surface area contributed by atoms with Crippen LogP contribution in [0.3, 0.4) is 0 Å². The Kier molecular flexibility index (Phi) is 1.87. The summed E-state index contributed by atoms with van der Waals surface area (Å²) in [5.74, 6) is 0.550. The second kappa shape index (κ2) is 2.88. The van der Waals surface area contributed by atoms with E-state index < -0.39 is 0 Å². The predicted molar refractivity (Wildman–Crippen MR) is 44.3 cm³/mol. The Morgan fingerprint density at radius 3 is 2.92 bits per heavy atom. The molecule has 0 bridgehead atoms. The molecule has 12 heavy (non-hydrogen) atoms. The largest absolute Gasteiger partial charge is 0.239 e. The fourth-order valence-electron chi connectivity index (χ4n) is 1.32. The van der Waals surface area contributed by atoms with Crippen molar-refractivity contribution in [2.45, 2.75) is 32.7 Å². The molecule has 0 spiro atoms. The van der Waals surface area contributed by atoms with Gasteiger partial charge in [-0.3, -0.25) is 0 Å². The van der Waals surface area contributed by atoms with Gasteiger partial charge >= 0.3 is 0 Å². The van der Waals surface area contributed by atoms with Gasteiger partial charge in [0.15, 0.2) is 0 Å². The zero-order valence-electron chi connectivity index (χ0n) is 7.26. The molecule has 1 aromatic heterocycles. The lowest BCUT2D eigenvalue weighted by Crippen LogP contribution is -2.05. The second-order valence-electron chi connectivity index (χ2n) is 3.44. The number of nitrogens with zero attached hydrogens (tertiary/aromatic N) is 2. The van der Waals surface area contributed by atoms with Crippen molar-refractivity contribution in [3.05, 3.63) is 17.7 Å². The molecule has 0 saturated heterocycles. The molecule has 3 heteroatoms. The Hall–Kier alpha value is -0.860. The normalized spacial score (nSPS) is 16.8. The third-order valence-electron chi connectivity index (χ3n) is 2.35.